The Kier molecular flexibility index (Phi) is 6.99. The number of para-hydroxylation sites is 3. The molecule has 3 nitrogen and oxygen atoms in total. The fraction of sp³-hybridized carbons (Fsp3) is 0.143. The van der Waals surface area contributed by atoms with E-state index in [1.54, 1.807) is 0 Å². The maximum atomic E-state index is 6.83. The number of furan rings is 1. The maximum Gasteiger partial charge on any atom is 0.333 e. The molecule has 322 valence electrons. The van der Waals surface area contributed by atoms with E-state index < -0.39 is 5.41 Å². The Morgan fingerprint density at radius 2 is 1.16 bits per heavy atom. The second kappa shape index (κ2) is 12.6. The van der Waals surface area contributed by atoms with Crippen LogP contribution in [0.25, 0.3) is 64.4 Å². The number of hydrogen-bond acceptors (Lipinski definition) is 4. The minimum absolute atomic E-state index is 0.0226. The standard InChI is InChI=1S/C63H45BN2OS/c1-61(2)32-33-62(3,4)49-34-36(28-30-46(49)61)66-57-40(29-31-53-55(57)41-19-7-13-26-52(41)67-53)42-35-43-39-18-8-14-27-54(39)68-60(43)59-56(42)64(66)50-24-15-23-48-58(50)65(59)51-25-12-11-22-47(51)63(48)44-20-9-5-16-37(44)38-17-6-10-21-45(38)63/h5-31,34-35H,32-33H2,1-4H3. The molecule has 0 atom stereocenters. The van der Waals surface area contributed by atoms with E-state index in [1.807, 2.05) is 11.3 Å². The lowest BCUT2D eigenvalue weighted by atomic mass is 9.42. The molecule has 3 aliphatic heterocycles. The van der Waals surface area contributed by atoms with Gasteiger partial charge in [0, 0.05) is 43.5 Å². The van der Waals surface area contributed by atoms with Crippen molar-refractivity contribution in [1.82, 2.24) is 0 Å². The fourth-order valence-corrected chi connectivity index (χ4v) is 15.3. The first-order valence-corrected chi connectivity index (χ1v) is 25.2. The third kappa shape index (κ3) is 4.40. The summed E-state index contributed by atoms with van der Waals surface area (Å²) in [6.45, 7) is 9.64. The van der Waals surface area contributed by atoms with Crippen molar-refractivity contribution >= 4 is 99.7 Å². The smallest absolute Gasteiger partial charge is 0.333 e. The van der Waals surface area contributed by atoms with Crippen LogP contribution in [0.2, 0.25) is 0 Å². The van der Waals surface area contributed by atoms with Gasteiger partial charge in [0.2, 0.25) is 0 Å². The largest absolute Gasteiger partial charge is 0.456 e. The summed E-state index contributed by atoms with van der Waals surface area (Å²) in [4.78, 5) is 5.48. The number of benzene rings is 9. The summed E-state index contributed by atoms with van der Waals surface area (Å²) in [5.41, 5.74) is 23.8. The molecule has 9 aromatic carbocycles. The van der Waals surface area contributed by atoms with Crippen molar-refractivity contribution in [3.8, 4) is 22.3 Å². The Labute approximate surface area is 400 Å². The summed E-state index contributed by atoms with van der Waals surface area (Å²) in [5.74, 6) is 0. The Balaban J connectivity index is 1.12. The lowest BCUT2D eigenvalue weighted by molar-refractivity contribution is 0.332. The van der Waals surface area contributed by atoms with Crippen molar-refractivity contribution in [2.24, 2.45) is 0 Å². The van der Waals surface area contributed by atoms with Crippen molar-refractivity contribution in [3.05, 3.63) is 209 Å². The van der Waals surface area contributed by atoms with Crippen LogP contribution in [0.5, 0.6) is 0 Å². The molecule has 0 unspecified atom stereocenters. The van der Waals surface area contributed by atoms with E-state index in [-0.39, 0.29) is 17.7 Å². The molecule has 11 aromatic rings. The zero-order valence-corrected chi connectivity index (χ0v) is 39.3. The summed E-state index contributed by atoms with van der Waals surface area (Å²) in [6.07, 6.45) is 2.32. The number of thiophene rings is 1. The zero-order chi connectivity index (χ0) is 45.0. The second-order valence-corrected chi connectivity index (χ2v) is 22.4. The molecule has 1 spiro atoms. The van der Waals surface area contributed by atoms with Gasteiger partial charge in [0.15, 0.2) is 0 Å². The Bertz CT molecular complexity index is 4050. The minimum atomic E-state index is -0.535. The van der Waals surface area contributed by atoms with Crippen molar-refractivity contribution in [2.45, 2.75) is 56.8 Å². The molecule has 0 radical (unpaired) electrons. The van der Waals surface area contributed by atoms with Gasteiger partial charge in [0.1, 0.15) is 11.2 Å². The maximum absolute atomic E-state index is 6.83. The van der Waals surface area contributed by atoms with Gasteiger partial charge in [0.05, 0.1) is 26.9 Å². The predicted molar refractivity (Wildman–Crippen MR) is 286 cm³/mol. The van der Waals surface area contributed by atoms with E-state index >= 15 is 0 Å². The van der Waals surface area contributed by atoms with Crippen LogP contribution in [0.3, 0.4) is 0 Å². The van der Waals surface area contributed by atoms with Gasteiger partial charge in [-0.25, -0.2) is 0 Å². The first-order chi connectivity index (χ1) is 33.2. The molecule has 0 saturated carbocycles. The van der Waals surface area contributed by atoms with Gasteiger partial charge in [-0.3, -0.25) is 0 Å². The average Bonchev–Trinajstić information content (AvgIpc) is 4.04. The monoisotopic (exact) mass is 888 g/mol. The summed E-state index contributed by atoms with van der Waals surface area (Å²) in [5, 5.41) is 4.93. The van der Waals surface area contributed by atoms with Crippen LogP contribution in [0.1, 0.15) is 73.9 Å². The van der Waals surface area contributed by atoms with Crippen molar-refractivity contribution in [1.29, 1.82) is 0 Å². The number of anilines is 5. The van der Waals surface area contributed by atoms with E-state index in [0.717, 1.165) is 23.0 Å². The molecule has 5 heteroatoms. The van der Waals surface area contributed by atoms with Crippen LogP contribution in [0, 0.1) is 0 Å². The molecule has 0 amide bonds. The highest BCUT2D eigenvalue weighted by Gasteiger charge is 2.56. The van der Waals surface area contributed by atoms with E-state index in [9.17, 15) is 0 Å². The van der Waals surface area contributed by atoms with Crippen LogP contribution in [0.4, 0.5) is 28.4 Å². The zero-order valence-electron chi connectivity index (χ0n) is 38.4. The second-order valence-electron chi connectivity index (χ2n) is 21.3. The SMILES string of the molecule is CC1(C)CCC(C)(C)c2cc(N3B4c5cccc6c5N(c5ccccc5C65c6ccccc6-c6ccccc65)c5c4c(cc4c5sc5ccccc54)-c4ccc5oc6ccccc6c5c43)ccc21. The van der Waals surface area contributed by atoms with E-state index in [1.165, 1.54) is 127 Å². The van der Waals surface area contributed by atoms with Crippen molar-refractivity contribution < 1.29 is 4.42 Å². The minimum Gasteiger partial charge on any atom is -0.456 e. The Hall–Kier alpha value is -7.34. The van der Waals surface area contributed by atoms with Crippen LogP contribution in [0.15, 0.2) is 180 Å². The van der Waals surface area contributed by atoms with Gasteiger partial charge in [-0.1, -0.05) is 155 Å². The molecule has 16 rings (SSSR count). The average molecular weight is 889 g/mol. The highest BCUT2D eigenvalue weighted by atomic mass is 32.1. The molecular weight excluding hydrogens is 844 g/mol. The fourth-order valence-electron chi connectivity index (χ4n) is 14.0. The summed E-state index contributed by atoms with van der Waals surface area (Å²) >= 11 is 1.95. The molecule has 2 aliphatic carbocycles. The highest BCUT2D eigenvalue weighted by Crippen LogP contribution is 2.65. The van der Waals surface area contributed by atoms with Crippen molar-refractivity contribution in [3.63, 3.8) is 0 Å². The normalized spacial score (nSPS) is 17.0. The summed E-state index contributed by atoms with van der Waals surface area (Å²) < 4.78 is 9.48. The number of rotatable bonds is 1. The Morgan fingerprint density at radius 1 is 0.485 bits per heavy atom. The third-order valence-electron chi connectivity index (χ3n) is 17.1. The van der Waals surface area contributed by atoms with Crippen LogP contribution < -0.4 is 20.6 Å². The molecular formula is C63H45BN2OS. The van der Waals surface area contributed by atoms with Crippen molar-refractivity contribution in [2.75, 3.05) is 9.71 Å². The molecule has 5 aliphatic rings. The van der Waals surface area contributed by atoms with Crippen LogP contribution >= 0.6 is 11.3 Å². The van der Waals surface area contributed by atoms with E-state index in [0.29, 0.717) is 0 Å². The van der Waals surface area contributed by atoms with Gasteiger partial charge >= 0.3 is 6.85 Å². The van der Waals surface area contributed by atoms with Gasteiger partial charge in [-0.15, -0.1) is 11.3 Å². The lowest BCUT2D eigenvalue weighted by Crippen LogP contribution is -2.62. The molecule has 2 aromatic heterocycles. The van der Waals surface area contributed by atoms with Gasteiger partial charge in [-0.05, 0) is 133 Å². The highest BCUT2D eigenvalue weighted by molar-refractivity contribution is 7.26. The topological polar surface area (TPSA) is 19.6 Å². The number of fused-ring (bicyclic) bond motifs is 22. The molecule has 0 saturated heterocycles. The lowest BCUT2D eigenvalue weighted by Gasteiger charge is -2.52. The third-order valence-corrected chi connectivity index (χ3v) is 18.3. The number of nitrogens with zero attached hydrogens (tertiary/aromatic N) is 2. The molecule has 5 heterocycles. The van der Waals surface area contributed by atoms with E-state index in [4.69, 9.17) is 4.42 Å². The van der Waals surface area contributed by atoms with Crippen LogP contribution in [-0.4, -0.2) is 6.85 Å². The summed E-state index contributed by atoms with van der Waals surface area (Å²) in [6, 6.07) is 67.4. The quantitative estimate of drug-likeness (QED) is 0.153. The molecule has 0 N–H and O–H groups in total. The Morgan fingerprint density at radius 3 is 1.97 bits per heavy atom. The predicted octanol–water partition coefficient (Wildman–Crippen LogP) is 15.7. The first kappa shape index (κ1) is 37.7. The molecule has 0 bridgehead atoms. The molecule has 68 heavy (non-hydrogen) atoms. The molecule has 0 fully saturated rings. The van der Waals surface area contributed by atoms with Gasteiger partial charge in [0.25, 0.3) is 0 Å². The van der Waals surface area contributed by atoms with E-state index in [2.05, 4.69) is 213 Å². The van der Waals surface area contributed by atoms with Crippen LogP contribution in [-0.2, 0) is 16.2 Å². The number of hydrogen-bond donors (Lipinski definition) is 0. The van der Waals surface area contributed by atoms with Gasteiger partial charge < -0.3 is 14.1 Å². The van der Waals surface area contributed by atoms with Gasteiger partial charge in [-0.2, -0.15) is 0 Å². The first-order valence-electron chi connectivity index (χ1n) is 24.3. The summed E-state index contributed by atoms with van der Waals surface area (Å²) in [7, 11) is 0.